The molecule has 1 aromatic carbocycles. The molecule has 18 heavy (non-hydrogen) atoms. The van der Waals surface area contributed by atoms with E-state index in [2.05, 4.69) is 5.32 Å². The lowest BCUT2D eigenvalue weighted by molar-refractivity contribution is -0.122. The SMILES string of the molecule is COc1ccc(OCCC(=O)NC(C)(C)C)cc1. The van der Waals surface area contributed by atoms with Gasteiger partial charge in [0.15, 0.2) is 0 Å². The summed E-state index contributed by atoms with van der Waals surface area (Å²) in [7, 11) is 1.62. The number of amides is 1. The third-order valence-corrected chi connectivity index (χ3v) is 2.17. The van der Waals surface area contributed by atoms with Crippen molar-refractivity contribution in [2.24, 2.45) is 0 Å². The van der Waals surface area contributed by atoms with E-state index in [9.17, 15) is 4.79 Å². The van der Waals surface area contributed by atoms with Crippen LogP contribution >= 0.6 is 0 Å². The van der Waals surface area contributed by atoms with Gasteiger partial charge in [0.1, 0.15) is 11.5 Å². The normalized spacial score (nSPS) is 10.9. The number of rotatable bonds is 5. The first-order valence-electron chi connectivity index (χ1n) is 5.98. The Morgan fingerprint density at radius 2 is 1.72 bits per heavy atom. The zero-order valence-corrected chi connectivity index (χ0v) is 11.4. The average Bonchev–Trinajstić information content (AvgIpc) is 2.27. The Hall–Kier alpha value is -1.71. The number of ether oxygens (including phenoxy) is 2. The van der Waals surface area contributed by atoms with E-state index in [-0.39, 0.29) is 11.4 Å². The van der Waals surface area contributed by atoms with Crippen LogP contribution in [0.3, 0.4) is 0 Å². The molecule has 4 heteroatoms. The first kappa shape index (κ1) is 14.4. The minimum absolute atomic E-state index is 0.00369. The van der Waals surface area contributed by atoms with Gasteiger partial charge in [-0.15, -0.1) is 0 Å². The average molecular weight is 251 g/mol. The van der Waals surface area contributed by atoms with Gasteiger partial charge in [-0.3, -0.25) is 4.79 Å². The molecule has 0 unspecified atom stereocenters. The Kier molecular flexibility index (Phi) is 5.01. The van der Waals surface area contributed by atoms with Crippen LogP contribution < -0.4 is 14.8 Å². The maximum atomic E-state index is 11.5. The summed E-state index contributed by atoms with van der Waals surface area (Å²) in [5, 5.41) is 2.88. The van der Waals surface area contributed by atoms with Crippen LogP contribution in [0.2, 0.25) is 0 Å². The van der Waals surface area contributed by atoms with Crippen molar-refractivity contribution >= 4 is 5.91 Å². The first-order valence-corrected chi connectivity index (χ1v) is 5.98. The molecule has 4 nitrogen and oxygen atoms in total. The number of carbonyl (C=O) groups excluding carboxylic acids is 1. The molecule has 0 aromatic heterocycles. The largest absolute Gasteiger partial charge is 0.497 e. The van der Waals surface area contributed by atoms with E-state index in [0.29, 0.717) is 13.0 Å². The van der Waals surface area contributed by atoms with Gasteiger partial charge in [-0.25, -0.2) is 0 Å². The Morgan fingerprint density at radius 1 is 1.17 bits per heavy atom. The zero-order chi connectivity index (χ0) is 13.6. The van der Waals surface area contributed by atoms with Crippen LogP contribution in [0.5, 0.6) is 11.5 Å². The molecule has 1 amide bonds. The van der Waals surface area contributed by atoms with E-state index in [1.54, 1.807) is 7.11 Å². The summed E-state index contributed by atoms with van der Waals surface area (Å²) in [5.41, 5.74) is -0.197. The first-order chi connectivity index (χ1) is 8.40. The molecule has 0 fully saturated rings. The van der Waals surface area contributed by atoms with E-state index in [1.165, 1.54) is 0 Å². The van der Waals surface area contributed by atoms with Crippen molar-refractivity contribution in [1.82, 2.24) is 5.32 Å². The molecule has 0 bridgehead atoms. The number of carbonyl (C=O) groups is 1. The quantitative estimate of drug-likeness (QED) is 0.874. The maximum Gasteiger partial charge on any atom is 0.223 e. The van der Waals surface area contributed by atoms with Crippen LogP contribution in [0.1, 0.15) is 27.2 Å². The Bertz CT molecular complexity index is 379. The molecule has 100 valence electrons. The molecule has 0 spiro atoms. The van der Waals surface area contributed by atoms with Gasteiger partial charge >= 0.3 is 0 Å². The van der Waals surface area contributed by atoms with Gasteiger partial charge in [0.2, 0.25) is 5.91 Å². The minimum Gasteiger partial charge on any atom is -0.497 e. The number of methoxy groups -OCH3 is 1. The fourth-order valence-corrected chi connectivity index (χ4v) is 1.41. The highest BCUT2D eigenvalue weighted by Crippen LogP contribution is 2.17. The number of nitrogens with one attached hydrogen (secondary N) is 1. The maximum absolute atomic E-state index is 11.5. The molecule has 0 aliphatic rings. The van der Waals surface area contributed by atoms with Gasteiger partial charge in [-0.05, 0) is 45.0 Å². The summed E-state index contributed by atoms with van der Waals surface area (Å²) in [6, 6.07) is 7.29. The van der Waals surface area contributed by atoms with Crippen molar-refractivity contribution in [3.63, 3.8) is 0 Å². The lowest BCUT2D eigenvalue weighted by Crippen LogP contribution is -2.41. The lowest BCUT2D eigenvalue weighted by atomic mass is 10.1. The van der Waals surface area contributed by atoms with Gasteiger partial charge in [0.05, 0.1) is 20.1 Å². The highest BCUT2D eigenvalue weighted by Gasteiger charge is 2.13. The standard InChI is InChI=1S/C14H21NO3/c1-14(2,3)15-13(16)9-10-18-12-7-5-11(17-4)6-8-12/h5-8H,9-10H2,1-4H3,(H,15,16). The molecular formula is C14H21NO3. The lowest BCUT2D eigenvalue weighted by Gasteiger charge is -2.20. The Balaban J connectivity index is 2.30. The van der Waals surface area contributed by atoms with Gasteiger partial charge < -0.3 is 14.8 Å². The highest BCUT2D eigenvalue weighted by atomic mass is 16.5. The van der Waals surface area contributed by atoms with E-state index >= 15 is 0 Å². The van der Waals surface area contributed by atoms with E-state index in [1.807, 2.05) is 45.0 Å². The predicted octanol–water partition coefficient (Wildman–Crippen LogP) is 2.38. The molecule has 1 aromatic rings. The van der Waals surface area contributed by atoms with E-state index in [4.69, 9.17) is 9.47 Å². The predicted molar refractivity (Wildman–Crippen MR) is 71.0 cm³/mol. The third-order valence-electron chi connectivity index (χ3n) is 2.17. The van der Waals surface area contributed by atoms with Gasteiger partial charge in [0.25, 0.3) is 0 Å². The molecule has 0 heterocycles. The van der Waals surface area contributed by atoms with Crippen molar-refractivity contribution < 1.29 is 14.3 Å². The Labute approximate surface area is 108 Å². The molecule has 0 aliphatic heterocycles. The minimum atomic E-state index is -0.197. The molecular weight excluding hydrogens is 230 g/mol. The van der Waals surface area contributed by atoms with Crippen molar-refractivity contribution in [2.45, 2.75) is 32.7 Å². The molecule has 0 aliphatic carbocycles. The molecule has 0 saturated heterocycles. The molecule has 0 saturated carbocycles. The monoisotopic (exact) mass is 251 g/mol. The molecule has 1 N–H and O–H groups in total. The highest BCUT2D eigenvalue weighted by molar-refractivity contribution is 5.76. The summed E-state index contributed by atoms with van der Waals surface area (Å²) < 4.78 is 10.5. The zero-order valence-electron chi connectivity index (χ0n) is 11.4. The summed E-state index contributed by atoms with van der Waals surface area (Å²) in [4.78, 5) is 11.5. The van der Waals surface area contributed by atoms with Crippen molar-refractivity contribution in [3.05, 3.63) is 24.3 Å². The second-order valence-electron chi connectivity index (χ2n) is 5.07. The van der Waals surface area contributed by atoms with Crippen molar-refractivity contribution in [1.29, 1.82) is 0 Å². The van der Waals surface area contributed by atoms with Gasteiger partial charge in [-0.2, -0.15) is 0 Å². The number of hydrogen-bond donors (Lipinski definition) is 1. The van der Waals surface area contributed by atoms with Crippen LogP contribution in [0.25, 0.3) is 0 Å². The number of hydrogen-bond acceptors (Lipinski definition) is 3. The molecule has 1 rings (SSSR count). The van der Waals surface area contributed by atoms with Crippen LogP contribution in [0.15, 0.2) is 24.3 Å². The number of benzene rings is 1. The van der Waals surface area contributed by atoms with Gasteiger partial charge in [0, 0.05) is 5.54 Å². The Morgan fingerprint density at radius 3 is 2.22 bits per heavy atom. The van der Waals surface area contributed by atoms with Crippen molar-refractivity contribution in [2.75, 3.05) is 13.7 Å². The third kappa shape index (κ3) is 5.57. The fraction of sp³-hybridized carbons (Fsp3) is 0.500. The topological polar surface area (TPSA) is 47.6 Å². The van der Waals surface area contributed by atoms with Gasteiger partial charge in [-0.1, -0.05) is 0 Å². The summed E-state index contributed by atoms with van der Waals surface area (Å²) in [5.74, 6) is 1.52. The summed E-state index contributed by atoms with van der Waals surface area (Å²) >= 11 is 0. The second kappa shape index (κ2) is 6.28. The second-order valence-corrected chi connectivity index (χ2v) is 5.07. The molecule has 0 radical (unpaired) electrons. The van der Waals surface area contributed by atoms with Crippen LogP contribution in [0, 0.1) is 0 Å². The van der Waals surface area contributed by atoms with E-state index < -0.39 is 0 Å². The van der Waals surface area contributed by atoms with Crippen LogP contribution in [0.4, 0.5) is 0 Å². The fourth-order valence-electron chi connectivity index (χ4n) is 1.41. The van der Waals surface area contributed by atoms with Crippen molar-refractivity contribution in [3.8, 4) is 11.5 Å². The molecule has 0 atom stereocenters. The van der Waals surface area contributed by atoms with E-state index in [0.717, 1.165) is 11.5 Å². The van der Waals surface area contributed by atoms with Crippen LogP contribution in [-0.2, 0) is 4.79 Å². The van der Waals surface area contributed by atoms with Crippen LogP contribution in [-0.4, -0.2) is 25.2 Å². The summed E-state index contributed by atoms with van der Waals surface area (Å²) in [6.45, 7) is 6.23. The summed E-state index contributed by atoms with van der Waals surface area (Å²) in [6.07, 6.45) is 0.350. The smallest absolute Gasteiger partial charge is 0.223 e.